The van der Waals surface area contributed by atoms with E-state index in [1.807, 2.05) is 36.5 Å². The molecule has 1 aromatic heterocycles. The summed E-state index contributed by atoms with van der Waals surface area (Å²) in [6, 6.07) is 15.4. The van der Waals surface area contributed by atoms with Crippen LogP contribution in [0.2, 0.25) is 0 Å². The van der Waals surface area contributed by atoms with Crippen LogP contribution in [0.25, 0.3) is 5.69 Å². The maximum atomic E-state index is 12.2. The van der Waals surface area contributed by atoms with Crippen molar-refractivity contribution in [3.8, 4) is 11.4 Å². The summed E-state index contributed by atoms with van der Waals surface area (Å²) in [7, 11) is 0. The predicted molar refractivity (Wildman–Crippen MR) is 92.7 cm³/mol. The lowest BCUT2D eigenvalue weighted by molar-refractivity contribution is -0.0498. The van der Waals surface area contributed by atoms with Crippen molar-refractivity contribution in [1.82, 2.24) is 15.1 Å². The van der Waals surface area contributed by atoms with Crippen LogP contribution < -0.4 is 10.1 Å². The Bertz CT molecular complexity index is 866. The molecule has 1 N–H and O–H groups in total. The van der Waals surface area contributed by atoms with Gasteiger partial charge in [-0.25, -0.2) is 4.68 Å². The largest absolute Gasteiger partial charge is 0.435 e. The number of benzene rings is 2. The Hall–Kier alpha value is -3.22. The molecule has 134 valence electrons. The molecule has 1 amide bonds. The molecule has 0 saturated carbocycles. The highest BCUT2D eigenvalue weighted by atomic mass is 19.3. The van der Waals surface area contributed by atoms with Gasteiger partial charge < -0.3 is 10.1 Å². The van der Waals surface area contributed by atoms with Gasteiger partial charge in [-0.2, -0.15) is 13.9 Å². The first kappa shape index (κ1) is 17.6. The number of nitrogens with zero attached hydrogens (tertiary/aromatic N) is 2. The molecule has 2 aromatic carbocycles. The van der Waals surface area contributed by atoms with Gasteiger partial charge in [-0.05, 0) is 42.3 Å². The van der Waals surface area contributed by atoms with Crippen molar-refractivity contribution in [3.05, 3.63) is 78.1 Å². The maximum Gasteiger partial charge on any atom is 0.387 e. The lowest BCUT2D eigenvalue weighted by Crippen LogP contribution is -2.25. The van der Waals surface area contributed by atoms with E-state index in [-0.39, 0.29) is 17.2 Å². The summed E-state index contributed by atoms with van der Waals surface area (Å²) < 4.78 is 30.5. The van der Waals surface area contributed by atoms with Gasteiger partial charge in [0.15, 0.2) is 0 Å². The van der Waals surface area contributed by atoms with Crippen LogP contribution in [0.5, 0.6) is 5.75 Å². The highest BCUT2D eigenvalue weighted by molar-refractivity contribution is 5.94. The summed E-state index contributed by atoms with van der Waals surface area (Å²) >= 11 is 0. The van der Waals surface area contributed by atoms with Crippen LogP contribution >= 0.6 is 0 Å². The molecular formula is C19H17F2N3O2. The number of amides is 1. The fraction of sp³-hybridized carbons (Fsp3) is 0.158. The summed E-state index contributed by atoms with van der Waals surface area (Å²) in [5, 5.41) is 7.06. The van der Waals surface area contributed by atoms with Crippen molar-refractivity contribution in [2.75, 3.05) is 6.54 Å². The second kappa shape index (κ2) is 8.24. The maximum absolute atomic E-state index is 12.2. The normalized spacial score (nSPS) is 10.7. The van der Waals surface area contributed by atoms with Crippen molar-refractivity contribution in [2.24, 2.45) is 0 Å². The average Bonchev–Trinajstić information content (AvgIpc) is 3.11. The molecule has 0 radical (unpaired) electrons. The molecule has 0 aliphatic carbocycles. The molecule has 3 aromatic rings. The summed E-state index contributed by atoms with van der Waals surface area (Å²) in [5.41, 5.74) is 2.20. The average molecular weight is 357 g/mol. The molecule has 0 aliphatic rings. The van der Waals surface area contributed by atoms with Crippen LogP contribution in [0, 0.1) is 0 Å². The number of hydrogen-bond acceptors (Lipinski definition) is 3. The third-order valence-corrected chi connectivity index (χ3v) is 3.68. The summed E-state index contributed by atoms with van der Waals surface area (Å²) in [6.07, 6.45) is 4.25. The Morgan fingerprint density at radius 2 is 1.96 bits per heavy atom. The number of rotatable bonds is 7. The minimum Gasteiger partial charge on any atom is -0.435 e. The Morgan fingerprint density at radius 1 is 1.15 bits per heavy atom. The second-order valence-electron chi connectivity index (χ2n) is 5.54. The lowest BCUT2D eigenvalue weighted by Gasteiger charge is -2.07. The fourth-order valence-electron chi connectivity index (χ4n) is 2.45. The Kier molecular flexibility index (Phi) is 5.58. The number of halogens is 2. The molecular weight excluding hydrogens is 340 g/mol. The highest BCUT2D eigenvalue weighted by Gasteiger charge is 2.09. The monoisotopic (exact) mass is 357 g/mol. The van der Waals surface area contributed by atoms with Crippen molar-refractivity contribution in [1.29, 1.82) is 0 Å². The van der Waals surface area contributed by atoms with E-state index in [0.717, 1.165) is 11.3 Å². The van der Waals surface area contributed by atoms with Gasteiger partial charge in [-0.15, -0.1) is 0 Å². The van der Waals surface area contributed by atoms with Crippen LogP contribution in [-0.4, -0.2) is 28.8 Å². The van der Waals surface area contributed by atoms with Gasteiger partial charge in [-0.1, -0.05) is 24.3 Å². The highest BCUT2D eigenvalue weighted by Crippen LogP contribution is 2.16. The summed E-state index contributed by atoms with van der Waals surface area (Å²) in [5.74, 6) is -0.392. The van der Waals surface area contributed by atoms with Gasteiger partial charge in [0, 0.05) is 18.3 Å². The topological polar surface area (TPSA) is 56.2 Å². The molecule has 0 aliphatic heterocycles. The zero-order valence-electron chi connectivity index (χ0n) is 13.8. The first-order valence-electron chi connectivity index (χ1n) is 8.04. The molecule has 0 saturated heterocycles. The van der Waals surface area contributed by atoms with E-state index in [2.05, 4.69) is 15.2 Å². The van der Waals surface area contributed by atoms with Gasteiger partial charge in [0.2, 0.25) is 0 Å². The first-order valence-corrected chi connectivity index (χ1v) is 8.04. The minimum absolute atomic E-state index is 0.0446. The summed E-state index contributed by atoms with van der Waals surface area (Å²) in [4.78, 5) is 12.1. The zero-order valence-corrected chi connectivity index (χ0v) is 13.8. The van der Waals surface area contributed by atoms with Crippen molar-refractivity contribution < 1.29 is 18.3 Å². The Morgan fingerprint density at radius 3 is 2.73 bits per heavy atom. The van der Waals surface area contributed by atoms with E-state index in [0.29, 0.717) is 13.0 Å². The van der Waals surface area contributed by atoms with Gasteiger partial charge >= 0.3 is 6.61 Å². The van der Waals surface area contributed by atoms with E-state index in [4.69, 9.17) is 0 Å². The minimum atomic E-state index is -2.92. The van der Waals surface area contributed by atoms with Gasteiger partial charge in [-0.3, -0.25) is 4.79 Å². The fourth-order valence-corrected chi connectivity index (χ4v) is 2.45. The molecule has 3 rings (SSSR count). The molecule has 5 nitrogen and oxygen atoms in total. The Labute approximate surface area is 149 Å². The number of alkyl halides is 2. The van der Waals surface area contributed by atoms with Crippen LogP contribution in [0.15, 0.2) is 67.0 Å². The molecule has 7 heteroatoms. The molecule has 1 heterocycles. The summed E-state index contributed by atoms with van der Waals surface area (Å²) in [6.45, 7) is -2.52. The molecule has 0 atom stereocenters. The van der Waals surface area contributed by atoms with E-state index in [1.54, 1.807) is 16.9 Å². The number of carbonyl (C=O) groups excluding carboxylic acids is 1. The third kappa shape index (κ3) is 4.66. The van der Waals surface area contributed by atoms with Crippen LogP contribution in [-0.2, 0) is 6.42 Å². The quantitative estimate of drug-likeness (QED) is 0.705. The van der Waals surface area contributed by atoms with E-state index in [1.165, 1.54) is 18.2 Å². The predicted octanol–water partition coefficient (Wildman–Crippen LogP) is 3.45. The zero-order chi connectivity index (χ0) is 18.4. The first-order chi connectivity index (χ1) is 12.6. The smallest absolute Gasteiger partial charge is 0.387 e. The van der Waals surface area contributed by atoms with E-state index >= 15 is 0 Å². The van der Waals surface area contributed by atoms with Gasteiger partial charge in [0.25, 0.3) is 5.91 Å². The number of para-hydroxylation sites is 1. The van der Waals surface area contributed by atoms with Crippen LogP contribution in [0.3, 0.4) is 0 Å². The molecule has 0 spiro atoms. The van der Waals surface area contributed by atoms with Crippen molar-refractivity contribution in [3.63, 3.8) is 0 Å². The van der Waals surface area contributed by atoms with Crippen molar-refractivity contribution in [2.45, 2.75) is 13.0 Å². The second-order valence-corrected chi connectivity index (χ2v) is 5.54. The van der Waals surface area contributed by atoms with Gasteiger partial charge in [0.05, 0.1) is 11.9 Å². The van der Waals surface area contributed by atoms with Crippen molar-refractivity contribution >= 4 is 5.91 Å². The lowest BCUT2D eigenvalue weighted by atomic mass is 10.2. The SMILES string of the molecule is O=C(NCCc1cnn(-c2ccccc2)c1)c1cccc(OC(F)F)c1. The van der Waals surface area contributed by atoms with E-state index in [9.17, 15) is 13.6 Å². The number of ether oxygens (including phenoxy) is 1. The number of carbonyl (C=O) groups is 1. The number of hydrogen-bond donors (Lipinski definition) is 1. The van der Waals surface area contributed by atoms with Gasteiger partial charge in [0.1, 0.15) is 5.75 Å². The number of nitrogens with one attached hydrogen (secondary N) is 1. The number of aromatic nitrogens is 2. The molecule has 0 fully saturated rings. The van der Waals surface area contributed by atoms with Crippen LogP contribution in [0.1, 0.15) is 15.9 Å². The van der Waals surface area contributed by atoms with Crippen LogP contribution in [0.4, 0.5) is 8.78 Å². The molecule has 26 heavy (non-hydrogen) atoms. The standard InChI is InChI=1S/C19H17F2N3O2/c20-19(21)26-17-8-4-5-15(11-17)18(25)22-10-9-14-12-23-24(13-14)16-6-2-1-3-7-16/h1-8,11-13,19H,9-10H2,(H,22,25). The third-order valence-electron chi connectivity index (χ3n) is 3.68. The Balaban J connectivity index is 1.53. The molecule has 0 bridgehead atoms. The van der Waals surface area contributed by atoms with E-state index < -0.39 is 6.61 Å². The molecule has 0 unspecified atom stereocenters.